The summed E-state index contributed by atoms with van der Waals surface area (Å²) >= 11 is 0. The summed E-state index contributed by atoms with van der Waals surface area (Å²) < 4.78 is 0. The molecule has 1 aliphatic rings. The number of nitrogens with zero attached hydrogens (tertiary/aromatic N) is 2. The van der Waals surface area contributed by atoms with Crippen LogP contribution >= 0.6 is 0 Å². The smallest absolute Gasteiger partial charge is 0.219 e. The van der Waals surface area contributed by atoms with Gasteiger partial charge in [-0.3, -0.25) is 4.79 Å². The Morgan fingerprint density at radius 3 is 2.85 bits per heavy atom. The van der Waals surface area contributed by atoms with E-state index in [1.165, 1.54) is 0 Å². The highest BCUT2D eigenvalue weighted by molar-refractivity contribution is 5.73. The van der Waals surface area contributed by atoms with Gasteiger partial charge in [0.05, 0.1) is 0 Å². The maximum Gasteiger partial charge on any atom is 0.219 e. The second kappa shape index (κ2) is 4.58. The van der Waals surface area contributed by atoms with Crippen molar-refractivity contribution in [2.24, 2.45) is 5.73 Å². The monoisotopic (exact) mass is 185 g/mol. The molecule has 1 saturated heterocycles. The van der Waals surface area contributed by atoms with Gasteiger partial charge in [-0.25, -0.2) is 0 Å². The molecule has 0 aromatic carbocycles. The van der Waals surface area contributed by atoms with E-state index >= 15 is 0 Å². The molecule has 4 nitrogen and oxygen atoms in total. The van der Waals surface area contributed by atoms with Crippen molar-refractivity contribution in [2.75, 3.05) is 33.2 Å². The minimum Gasteiger partial charge on any atom is -0.341 e. The van der Waals surface area contributed by atoms with E-state index in [0.717, 1.165) is 26.1 Å². The summed E-state index contributed by atoms with van der Waals surface area (Å²) in [5.74, 6) is 0.184. The Morgan fingerprint density at radius 1 is 1.69 bits per heavy atom. The van der Waals surface area contributed by atoms with Gasteiger partial charge >= 0.3 is 0 Å². The molecule has 1 aliphatic heterocycles. The lowest BCUT2D eigenvalue weighted by Gasteiger charge is -2.23. The summed E-state index contributed by atoms with van der Waals surface area (Å²) in [7, 11) is 2.07. The van der Waals surface area contributed by atoms with Crippen molar-refractivity contribution < 1.29 is 4.79 Å². The number of carbonyl (C=O) groups excluding carboxylic acids is 1. The first-order valence-electron chi connectivity index (χ1n) is 4.81. The largest absolute Gasteiger partial charge is 0.341 e. The van der Waals surface area contributed by atoms with Crippen molar-refractivity contribution in [3.63, 3.8) is 0 Å². The first kappa shape index (κ1) is 10.5. The van der Waals surface area contributed by atoms with Crippen LogP contribution in [0.3, 0.4) is 0 Å². The van der Waals surface area contributed by atoms with Crippen LogP contribution in [0, 0.1) is 0 Å². The molecule has 1 atom stereocenters. The molecule has 1 rings (SSSR count). The fourth-order valence-corrected chi connectivity index (χ4v) is 1.77. The van der Waals surface area contributed by atoms with Crippen molar-refractivity contribution in [1.82, 2.24) is 9.80 Å². The molecule has 1 fully saturated rings. The minimum absolute atomic E-state index is 0.184. The van der Waals surface area contributed by atoms with E-state index < -0.39 is 0 Å². The predicted molar refractivity (Wildman–Crippen MR) is 52.3 cm³/mol. The van der Waals surface area contributed by atoms with Gasteiger partial charge < -0.3 is 15.5 Å². The summed E-state index contributed by atoms with van der Waals surface area (Å²) in [6.45, 7) is 5.00. The lowest BCUT2D eigenvalue weighted by Crippen LogP contribution is -2.38. The van der Waals surface area contributed by atoms with Crippen molar-refractivity contribution in [3.05, 3.63) is 0 Å². The Balaban J connectivity index is 2.35. The molecule has 0 aromatic heterocycles. The van der Waals surface area contributed by atoms with Gasteiger partial charge in [0.25, 0.3) is 0 Å². The molecule has 4 heteroatoms. The van der Waals surface area contributed by atoms with Crippen LogP contribution in [0.4, 0.5) is 0 Å². The molecule has 0 radical (unpaired) electrons. The maximum absolute atomic E-state index is 11.1. The fourth-order valence-electron chi connectivity index (χ4n) is 1.77. The van der Waals surface area contributed by atoms with Gasteiger partial charge in [-0.05, 0) is 13.5 Å². The van der Waals surface area contributed by atoms with Crippen LogP contribution in [0.1, 0.15) is 13.3 Å². The number of amides is 1. The lowest BCUT2D eigenvalue weighted by molar-refractivity contribution is -0.127. The zero-order chi connectivity index (χ0) is 9.84. The van der Waals surface area contributed by atoms with Crippen LogP contribution in [0.15, 0.2) is 0 Å². The zero-order valence-electron chi connectivity index (χ0n) is 8.49. The van der Waals surface area contributed by atoms with E-state index in [4.69, 9.17) is 5.73 Å². The fraction of sp³-hybridized carbons (Fsp3) is 0.889. The number of hydrogen-bond acceptors (Lipinski definition) is 3. The summed E-state index contributed by atoms with van der Waals surface area (Å²) in [6.07, 6.45) is 1.08. The Bertz CT molecular complexity index is 184. The molecule has 76 valence electrons. The van der Waals surface area contributed by atoms with Crippen LogP contribution in [-0.2, 0) is 4.79 Å². The van der Waals surface area contributed by atoms with E-state index in [-0.39, 0.29) is 5.91 Å². The third-order valence-electron chi connectivity index (χ3n) is 2.71. The number of likely N-dealkylation sites (N-methyl/N-ethyl adjacent to an activating group) is 1. The normalized spacial score (nSPS) is 22.8. The summed E-state index contributed by atoms with van der Waals surface area (Å²) in [5.41, 5.74) is 5.47. The average molecular weight is 185 g/mol. The van der Waals surface area contributed by atoms with Crippen molar-refractivity contribution in [2.45, 2.75) is 19.4 Å². The van der Waals surface area contributed by atoms with Gasteiger partial charge in [0, 0.05) is 39.1 Å². The molecular weight excluding hydrogens is 166 g/mol. The van der Waals surface area contributed by atoms with E-state index in [9.17, 15) is 4.79 Å². The lowest BCUT2D eigenvalue weighted by atomic mass is 10.2. The molecule has 0 bridgehead atoms. The molecule has 0 saturated carbocycles. The van der Waals surface area contributed by atoms with Crippen LogP contribution in [-0.4, -0.2) is 55.0 Å². The Labute approximate surface area is 79.7 Å². The van der Waals surface area contributed by atoms with Crippen molar-refractivity contribution in [3.8, 4) is 0 Å². The molecular formula is C9H19N3O. The van der Waals surface area contributed by atoms with E-state index in [0.29, 0.717) is 12.6 Å². The maximum atomic E-state index is 11.1. The second-order valence-electron chi connectivity index (χ2n) is 3.68. The van der Waals surface area contributed by atoms with Gasteiger partial charge in [0.15, 0.2) is 0 Å². The summed E-state index contributed by atoms with van der Waals surface area (Å²) in [4.78, 5) is 15.2. The third-order valence-corrected chi connectivity index (χ3v) is 2.71. The van der Waals surface area contributed by atoms with Gasteiger partial charge in [0.2, 0.25) is 5.91 Å². The van der Waals surface area contributed by atoms with Gasteiger partial charge in [0.1, 0.15) is 0 Å². The minimum atomic E-state index is 0.184. The highest BCUT2D eigenvalue weighted by Crippen LogP contribution is 2.13. The van der Waals surface area contributed by atoms with Crippen LogP contribution < -0.4 is 5.73 Å². The molecule has 0 aliphatic carbocycles. The van der Waals surface area contributed by atoms with Gasteiger partial charge in [-0.15, -0.1) is 0 Å². The van der Waals surface area contributed by atoms with Gasteiger partial charge in [-0.2, -0.15) is 0 Å². The van der Waals surface area contributed by atoms with E-state index in [1.807, 2.05) is 4.90 Å². The molecule has 0 spiro atoms. The standard InChI is InChI=1S/C9H19N3O/c1-8(13)12-5-3-9(7-12)11(2)6-4-10/h9H,3-7,10H2,1-2H3. The Morgan fingerprint density at radius 2 is 2.38 bits per heavy atom. The topological polar surface area (TPSA) is 49.6 Å². The average Bonchev–Trinajstić information content (AvgIpc) is 2.52. The first-order chi connectivity index (χ1) is 6.15. The molecule has 1 amide bonds. The zero-order valence-corrected chi connectivity index (χ0v) is 8.49. The van der Waals surface area contributed by atoms with Crippen molar-refractivity contribution in [1.29, 1.82) is 0 Å². The van der Waals surface area contributed by atoms with Crippen LogP contribution in [0.5, 0.6) is 0 Å². The van der Waals surface area contributed by atoms with Crippen LogP contribution in [0.25, 0.3) is 0 Å². The SMILES string of the molecule is CC(=O)N1CCC(N(C)CCN)C1. The Kier molecular flexibility index (Phi) is 3.69. The molecule has 13 heavy (non-hydrogen) atoms. The number of likely N-dealkylation sites (tertiary alicyclic amines) is 1. The summed E-state index contributed by atoms with van der Waals surface area (Å²) in [5, 5.41) is 0. The van der Waals surface area contributed by atoms with Crippen molar-refractivity contribution >= 4 is 5.91 Å². The second-order valence-corrected chi connectivity index (χ2v) is 3.68. The van der Waals surface area contributed by atoms with Gasteiger partial charge in [-0.1, -0.05) is 0 Å². The molecule has 1 heterocycles. The molecule has 2 N–H and O–H groups in total. The number of nitrogens with two attached hydrogens (primary N) is 1. The van der Waals surface area contributed by atoms with E-state index in [1.54, 1.807) is 6.92 Å². The quantitative estimate of drug-likeness (QED) is 0.645. The highest BCUT2D eigenvalue weighted by atomic mass is 16.2. The summed E-state index contributed by atoms with van der Waals surface area (Å²) in [6, 6.07) is 0.507. The highest BCUT2D eigenvalue weighted by Gasteiger charge is 2.26. The predicted octanol–water partition coefficient (Wildman–Crippen LogP) is -0.502. The number of carbonyl (C=O) groups is 1. The molecule has 0 aromatic rings. The Hall–Kier alpha value is -0.610. The molecule has 1 unspecified atom stereocenters. The van der Waals surface area contributed by atoms with E-state index in [2.05, 4.69) is 11.9 Å². The number of hydrogen-bond donors (Lipinski definition) is 1. The number of rotatable bonds is 3. The first-order valence-corrected chi connectivity index (χ1v) is 4.81. The van der Waals surface area contributed by atoms with Crippen LogP contribution in [0.2, 0.25) is 0 Å². The third kappa shape index (κ3) is 2.67.